The van der Waals surface area contributed by atoms with E-state index in [9.17, 15) is 0 Å². The first kappa shape index (κ1) is 11.7. The van der Waals surface area contributed by atoms with Crippen LogP contribution in [0.5, 0.6) is 0 Å². The second-order valence-corrected chi connectivity index (χ2v) is 5.08. The van der Waals surface area contributed by atoms with Crippen LogP contribution in [0.1, 0.15) is 31.2 Å². The molecule has 0 heterocycles. The maximum Gasteiger partial charge on any atom is 0.0455 e. The van der Waals surface area contributed by atoms with Crippen molar-refractivity contribution in [3.05, 3.63) is 28.8 Å². The molecule has 0 unspecified atom stereocenters. The topological polar surface area (TPSA) is 38.0 Å². The molecule has 0 bridgehead atoms. The maximum atomic E-state index is 6.09. The minimum atomic E-state index is 0.401. The number of benzene rings is 1. The summed E-state index contributed by atoms with van der Waals surface area (Å²) < 4.78 is 0. The van der Waals surface area contributed by atoms with Gasteiger partial charge in [-0.15, -0.1) is 0 Å². The molecule has 0 aliphatic heterocycles. The van der Waals surface area contributed by atoms with Crippen LogP contribution in [0.4, 0.5) is 5.69 Å². The van der Waals surface area contributed by atoms with Crippen LogP contribution in [-0.4, -0.2) is 12.1 Å². The fourth-order valence-electron chi connectivity index (χ4n) is 2.25. The van der Waals surface area contributed by atoms with Crippen LogP contribution in [0.2, 0.25) is 5.02 Å². The average molecular weight is 239 g/mol. The highest BCUT2D eigenvalue weighted by Crippen LogP contribution is 2.26. The molecular weight excluding hydrogens is 220 g/mol. The van der Waals surface area contributed by atoms with Gasteiger partial charge in [-0.3, -0.25) is 0 Å². The summed E-state index contributed by atoms with van der Waals surface area (Å²) >= 11 is 6.09. The third kappa shape index (κ3) is 2.69. The molecule has 3 heteroatoms. The van der Waals surface area contributed by atoms with Crippen molar-refractivity contribution in [3.63, 3.8) is 0 Å². The van der Waals surface area contributed by atoms with Crippen LogP contribution in [0.15, 0.2) is 18.2 Å². The lowest BCUT2D eigenvalue weighted by atomic mass is 9.91. The van der Waals surface area contributed by atoms with Gasteiger partial charge < -0.3 is 11.1 Å². The van der Waals surface area contributed by atoms with E-state index >= 15 is 0 Å². The molecule has 0 aromatic heterocycles. The normalized spacial score (nSPS) is 25.4. The van der Waals surface area contributed by atoms with Gasteiger partial charge in [-0.25, -0.2) is 0 Å². The summed E-state index contributed by atoms with van der Waals surface area (Å²) in [6, 6.07) is 6.97. The third-order valence-corrected chi connectivity index (χ3v) is 3.81. The number of halogens is 1. The molecule has 0 radical (unpaired) electrons. The lowest BCUT2D eigenvalue weighted by Gasteiger charge is -2.28. The molecule has 0 spiro atoms. The van der Waals surface area contributed by atoms with Gasteiger partial charge in [-0.1, -0.05) is 17.7 Å². The van der Waals surface area contributed by atoms with Crippen molar-refractivity contribution < 1.29 is 0 Å². The van der Waals surface area contributed by atoms with E-state index in [2.05, 4.69) is 18.3 Å². The molecule has 0 saturated heterocycles. The van der Waals surface area contributed by atoms with E-state index in [1.807, 2.05) is 12.1 Å². The number of rotatable bonds is 2. The summed E-state index contributed by atoms with van der Waals surface area (Å²) in [7, 11) is 0. The number of hydrogen-bond donors (Lipinski definition) is 2. The molecule has 1 aromatic carbocycles. The Kier molecular flexibility index (Phi) is 3.72. The first-order valence-electron chi connectivity index (χ1n) is 5.94. The Balaban J connectivity index is 2.01. The second kappa shape index (κ2) is 5.07. The van der Waals surface area contributed by atoms with Crippen LogP contribution in [0.25, 0.3) is 0 Å². The van der Waals surface area contributed by atoms with E-state index < -0.39 is 0 Å². The molecule has 3 N–H and O–H groups in total. The Hall–Kier alpha value is -0.730. The zero-order valence-corrected chi connectivity index (χ0v) is 10.4. The van der Waals surface area contributed by atoms with Gasteiger partial charge >= 0.3 is 0 Å². The number of anilines is 1. The summed E-state index contributed by atoms with van der Waals surface area (Å²) in [6.07, 6.45) is 4.56. The molecule has 88 valence electrons. The molecule has 1 fully saturated rings. The monoisotopic (exact) mass is 238 g/mol. The predicted molar refractivity (Wildman–Crippen MR) is 70.0 cm³/mol. The zero-order valence-electron chi connectivity index (χ0n) is 9.67. The molecule has 1 aliphatic rings. The lowest BCUT2D eigenvalue weighted by Crippen LogP contribution is -2.32. The van der Waals surface area contributed by atoms with Crippen molar-refractivity contribution in [3.8, 4) is 0 Å². The fourth-order valence-corrected chi connectivity index (χ4v) is 2.42. The van der Waals surface area contributed by atoms with Crippen LogP contribution in [0, 0.1) is 6.92 Å². The van der Waals surface area contributed by atoms with Crippen molar-refractivity contribution in [1.29, 1.82) is 0 Å². The van der Waals surface area contributed by atoms with Gasteiger partial charge in [-0.2, -0.15) is 0 Å². The smallest absolute Gasteiger partial charge is 0.0455 e. The summed E-state index contributed by atoms with van der Waals surface area (Å²) in [4.78, 5) is 0. The Morgan fingerprint density at radius 2 is 1.94 bits per heavy atom. The largest absolute Gasteiger partial charge is 0.382 e. The van der Waals surface area contributed by atoms with Gasteiger partial charge in [0.15, 0.2) is 0 Å². The number of nitrogens with two attached hydrogens (primary N) is 1. The number of nitrogens with one attached hydrogen (secondary N) is 1. The van der Waals surface area contributed by atoms with E-state index in [0.717, 1.165) is 42.0 Å². The maximum absolute atomic E-state index is 6.09. The highest BCUT2D eigenvalue weighted by molar-refractivity contribution is 6.31. The minimum absolute atomic E-state index is 0.401. The standard InChI is InChI=1S/C13H19ClN2/c1-9-12(14)3-2-4-13(9)16-11-7-5-10(15)6-8-11/h2-4,10-11,16H,5-8,15H2,1H3. The lowest BCUT2D eigenvalue weighted by molar-refractivity contribution is 0.411. The van der Waals surface area contributed by atoms with Crippen molar-refractivity contribution in [2.24, 2.45) is 5.73 Å². The Bertz CT molecular complexity index is 357. The second-order valence-electron chi connectivity index (χ2n) is 4.67. The highest BCUT2D eigenvalue weighted by Gasteiger charge is 2.18. The van der Waals surface area contributed by atoms with Gasteiger partial charge in [0.2, 0.25) is 0 Å². The van der Waals surface area contributed by atoms with Crippen molar-refractivity contribution in [2.75, 3.05) is 5.32 Å². The van der Waals surface area contributed by atoms with E-state index in [1.165, 1.54) is 0 Å². The van der Waals surface area contributed by atoms with Gasteiger partial charge in [0.25, 0.3) is 0 Å². The van der Waals surface area contributed by atoms with Crippen LogP contribution >= 0.6 is 11.6 Å². The van der Waals surface area contributed by atoms with E-state index in [1.54, 1.807) is 0 Å². The highest BCUT2D eigenvalue weighted by atomic mass is 35.5. The molecule has 2 nitrogen and oxygen atoms in total. The molecule has 2 rings (SSSR count). The van der Waals surface area contributed by atoms with Gasteiger partial charge in [0.1, 0.15) is 0 Å². The Morgan fingerprint density at radius 1 is 1.25 bits per heavy atom. The zero-order chi connectivity index (χ0) is 11.5. The predicted octanol–water partition coefficient (Wildman–Crippen LogP) is 3.33. The molecule has 1 aromatic rings. The van der Waals surface area contributed by atoms with E-state index in [4.69, 9.17) is 17.3 Å². The van der Waals surface area contributed by atoms with Gasteiger partial charge in [0, 0.05) is 22.8 Å². The summed E-state index contributed by atoms with van der Waals surface area (Å²) in [5.41, 5.74) is 8.19. The quantitative estimate of drug-likeness (QED) is 0.830. The van der Waals surface area contributed by atoms with Crippen LogP contribution in [-0.2, 0) is 0 Å². The van der Waals surface area contributed by atoms with E-state index in [0.29, 0.717) is 12.1 Å². The first-order chi connectivity index (χ1) is 7.66. The van der Waals surface area contributed by atoms with Crippen molar-refractivity contribution in [2.45, 2.75) is 44.7 Å². The summed E-state index contributed by atoms with van der Waals surface area (Å²) in [6.45, 7) is 2.05. The summed E-state index contributed by atoms with van der Waals surface area (Å²) in [5.74, 6) is 0. The summed E-state index contributed by atoms with van der Waals surface area (Å²) in [5, 5.41) is 4.40. The van der Waals surface area contributed by atoms with Gasteiger partial charge in [-0.05, 0) is 50.3 Å². The molecule has 1 saturated carbocycles. The molecule has 0 amide bonds. The molecule has 16 heavy (non-hydrogen) atoms. The molecule has 1 aliphatic carbocycles. The third-order valence-electron chi connectivity index (χ3n) is 3.40. The first-order valence-corrected chi connectivity index (χ1v) is 6.32. The number of hydrogen-bond acceptors (Lipinski definition) is 2. The Morgan fingerprint density at radius 3 is 2.62 bits per heavy atom. The van der Waals surface area contributed by atoms with Crippen molar-refractivity contribution >= 4 is 17.3 Å². The minimum Gasteiger partial charge on any atom is -0.382 e. The Labute approximate surface area is 102 Å². The molecule has 0 atom stereocenters. The SMILES string of the molecule is Cc1c(Cl)cccc1NC1CCC(N)CC1. The average Bonchev–Trinajstić information content (AvgIpc) is 2.28. The van der Waals surface area contributed by atoms with Crippen molar-refractivity contribution in [1.82, 2.24) is 0 Å². The van der Waals surface area contributed by atoms with E-state index in [-0.39, 0.29) is 0 Å². The molecular formula is C13H19ClN2. The van der Waals surface area contributed by atoms with Crippen LogP contribution < -0.4 is 11.1 Å². The van der Waals surface area contributed by atoms with Crippen LogP contribution in [0.3, 0.4) is 0 Å². The fraction of sp³-hybridized carbons (Fsp3) is 0.538. The van der Waals surface area contributed by atoms with Gasteiger partial charge in [0.05, 0.1) is 0 Å².